The van der Waals surface area contributed by atoms with Crippen LogP contribution < -0.4 is 5.32 Å². The maximum Gasteiger partial charge on any atom is 0.0701 e. The minimum atomic E-state index is 0.646. The molecule has 1 aliphatic rings. The van der Waals surface area contributed by atoms with Gasteiger partial charge >= 0.3 is 0 Å². The van der Waals surface area contributed by atoms with Crippen LogP contribution in [0.25, 0.3) is 0 Å². The van der Waals surface area contributed by atoms with Crippen molar-refractivity contribution in [2.24, 2.45) is 0 Å². The van der Waals surface area contributed by atoms with Crippen molar-refractivity contribution >= 4 is 0 Å². The second kappa shape index (κ2) is 12.6. The number of rotatable bonds is 12. The van der Waals surface area contributed by atoms with Gasteiger partial charge in [0.05, 0.1) is 33.0 Å². The van der Waals surface area contributed by atoms with Crippen molar-refractivity contribution in [1.82, 2.24) is 5.32 Å². The van der Waals surface area contributed by atoms with Crippen molar-refractivity contribution in [2.45, 2.75) is 32.1 Å². The topological polar surface area (TPSA) is 39.7 Å². The molecule has 19 heavy (non-hydrogen) atoms. The maximum atomic E-state index is 5.46. The van der Waals surface area contributed by atoms with Gasteiger partial charge in [0.25, 0.3) is 0 Å². The van der Waals surface area contributed by atoms with Crippen molar-refractivity contribution in [3.8, 4) is 0 Å². The van der Waals surface area contributed by atoms with Crippen LogP contribution in [0.1, 0.15) is 32.1 Å². The fourth-order valence-corrected chi connectivity index (χ4v) is 2.11. The van der Waals surface area contributed by atoms with Crippen LogP contribution in [0.3, 0.4) is 0 Å². The molecule has 0 aromatic heterocycles. The minimum Gasteiger partial charge on any atom is -0.382 e. The summed E-state index contributed by atoms with van der Waals surface area (Å²) in [6.45, 7) is 5.36. The number of ether oxygens (including phenoxy) is 3. The van der Waals surface area contributed by atoms with Crippen LogP contribution in [-0.2, 0) is 14.2 Å². The standard InChI is InChI=1S/C15H29NO3/c1-17-11-12-19-14-13-18-10-9-16-8-7-15-5-3-2-4-6-15/h5,16H,2-4,6-14H2,1H3. The highest BCUT2D eigenvalue weighted by atomic mass is 16.5. The third kappa shape index (κ3) is 10.1. The smallest absolute Gasteiger partial charge is 0.0701 e. The molecule has 0 saturated heterocycles. The Morgan fingerprint density at radius 1 is 1.00 bits per heavy atom. The molecule has 1 N–H and O–H groups in total. The monoisotopic (exact) mass is 271 g/mol. The summed E-state index contributed by atoms with van der Waals surface area (Å²) in [6.07, 6.45) is 8.94. The van der Waals surface area contributed by atoms with Crippen molar-refractivity contribution in [1.29, 1.82) is 0 Å². The van der Waals surface area contributed by atoms with E-state index >= 15 is 0 Å². The molecule has 0 unspecified atom stereocenters. The van der Waals surface area contributed by atoms with E-state index in [4.69, 9.17) is 14.2 Å². The average molecular weight is 271 g/mol. The molecular weight excluding hydrogens is 242 g/mol. The average Bonchev–Trinajstić information content (AvgIpc) is 2.46. The van der Waals surface area contributed by atoms with E-state index in [2.05, 4.69) is 11.4 Å². The molecule has 0 aromatic rings. The summed E-state index contributed by atoms with van der Waals surface area (Å²) in [5.74, 6) is 0. The zero-order chi connectivity index (χ0) is 13.6. The molecule has 0 saturated carbocycles. The SMILES string of the molecule is COCCOCCOCCNCCC1=CCCCC1. The van der Waals surface area contributed by atoms with E-state index in [0.29, 0.717) is 26.4 Å². The molecule has 0 atom stereocenters. The molecule has 0 heterocycles. The lowest BCUT2D eigenvalue weighted by molar-refractivity contribution is 0.0256. The highest BCUT2D eigenvalue weighted by Crippen LogP contribution is 2.19. The Hall–Kier alpha value is -0.420. The van der Waals surface area contributed by atoms with Gasteiger partial charge in [-0.2, -0.15) is 0 Å². The van der Waals surface area contributed by atoms with Gasteiger partial charge in [0, 0.05) is 13.7 Å². The highest BCUT2D eigenvalue weighted by Gasteiger charge is 2.02. The molecule has 0 aromatic carbocycles. The van der Waals surface area contributed by atoms with Gasteiger partial charge in [-0.25, -0.2) is 0 Å². The number of allylic oxidation sites excluding steroid dienone is 1. The summed E-state index contributed by atoms with van der Waals surface area (Å²) in [4.78, 5) is 0. The van der Waals surface area contributed by atoms with Crippen LogP contribution in [0.15, 0.2) is 11.6 Å². The van der Waals surface area contributed by atoms with Gasteiger partial charge in [-0.05, 0) is 38.6 Å². The lowest BCUT2D eigenvalue weighted by Gasteiger charge is -2.13. The molecule has 0 spiro atoms. The van der Waals surface area contributed by atoms with E-state index < -0.39 is 0 Å². The maximum absolute atomic E-state index is 5.46. The minimum absolute atomic E-state index is 0.646. The van der Waals surface area contributed by atoms with Gasteiger partial charge in [0.2, 0.25) is 0 Å². The van der Waals surface area contributed by atoms with Crippen LogP contribution in [0.2, 0.25) is 0 Å². The van der Waals surface area contributed by atoms with E-state index in [1.807, 2.05) is 0 Å². The predicted molar refractivity (Wildman–Crippen MR) is 77.6 cm³/mol. The summed E-state index contributed by atoms with van der Waals surface area (Å²) >= 11 is 0. The predicted octanol–water partition coefficient (Wildman–Crippen LogP) is 2.15. The Morgan fingerprint density at radius 2 is 1.79 bits per heavy atom. The van der Waals surface area contributed by atoms with Crippen molar-refractivity contribution in [3.05, 3.63) is 11.6 Å². The number of hydrogen-bond donors (Lipinski definition) is 1. The largest absolute Gasteiger partial charge is 0.382 e. The third-order valence-corrected chi connectivity index (χ3v) is 3.23. The Kier molecular flexibility index (Phi) is 11.0. The van der Waals surface area contributed by atoms with Crippen LogP contribution in [0, 0.1) is 0 Å². The third-order valence-electron chi connectivity index (χ3n) is 3.23. The zero-order valence-corrected chi connectivity index (χ0v) is 12.3. The highest BCUT2D eigenvalue weighted by molar-refractivity contribution is 5.05. The fraction of sp³-hybridized carbons (Fsp3) is 0.867. The molecule has 0 aliphatic heterocycles. The van der Waals surface area contributed by atoms with E-state index in [-0.39, 0.29) is 0 Å². The van der Waals surface area contributed by atoms with Crippen molar-refractivity contribution < 1.29 is 14.2 Å². The summed E-state index contributed by atoms with van der Waals surface area (Å²) in [6, 6.07) is 0. The lowest BCUT2D eigenvalue weighted by atomic mass is 9.97. The first-order chi connectivity index (χ1) is 9.43. The number of methoxy groups -OCH3 is 1. The molecule has 0 fully saturated rings. The molecule has 0 amide bonds. The van der Waals surface area contributed by atoms with Crippen molar-refractivity contribution in [3.63, 3.8) is 0 Å². The quantitative estimate of drug-likeness (QED) is 0.436. The van der Waals surface area contributed by atoms with Gasteiger partial charge in [-0.15, -0.1) is 0 Å². The molecule has 4 nitrogen and oxygen atoms in total. The van der Waals surface area contributed by atoms with E-state index in [0.717, 1.165) is 19.7 Å². The molecule has 112 valence electrons. The van der Waals surface area contributed by atoms with E-state index in [9.17, 15) is 0 Å². The Labute approximate surface area is 117 Å². The van der Waals surface area contributed by atoms with Gasteiger partial charge < -0.3 is 19.5 Å². The molecule has 0 bridgehead atoms. The zero-order valence-electron chi connectivity index (χ0n) is 12.3. The Morgan fingerprint density at radius 3 is 2.53 bits per heavy atom. The summed E-state index contributed by atoms with van der Waals surface area (Å²) in [7, 11) is 1.68. The van der Waals surface area contributed by atoms with E-state index in [1.54, 1.807) is 12.7 Å². The van der Waals surface area contributed by atoms with Gasteiger partial charge in [-0.1, -0.05) is 11.6 Å². The van der Waals surface area contributed by atoms with Gasteiger partial charge in [0.15, 0.2) is 0 Å². The summed E-state index contributed by atoms with van der Waals surface area (Å²) in [5.41, 5.74) is 1.63. The van der Waals surface area contributed by atoms with Crippen LogP contribution in [0.4, 0.5) is 0 Å². The molecule has 1 aliphatic carbocycles. The fourth-order valence-electron chi connectivity index (χ4n) is 2.11. The van der Waals surface area contributed by atoms with Gasteiger partial charge in [-0.3, -0.25) is 0 Å². The van der Waals surface area contributed by atoms with Gasteiger partial charge in [0.1, 0.15) is 0 Å². The second-order valence-corrected chi connectivity index (χ2v) is 4.83. The van der Waals surface area contributed by atoms with Crippen LogP contribution in [-0.4, -0.2) is 53.2 Å². The second-order valence-electron chi connectivity index (χ2n) is 4.83. The molecular formula is C15H29NO3. The summed E-state index contributed by atoms with van der Waals surface area (Å²) < 4.78 is 15.6. The first-order valence-corrected chi connectivity index (χ1v) is 7.46. The number of nitrogens with one attached hydrogen (secondary N) is 1. The summed E-state index contributed by atoms with van der Waals surface area (Å²) in [5, 5.41) is 3.42. The molecule has 1 rings (SSSR count). The normalized spacial score (nSPS) is 15.5. The Bertz CT molecular complexity index is 231. The van der Waals surface area contributed by atoms with E-state index in [1.165, 1.54) is 32.1 Å². The Balaban J connectivity index is 1.75. The molecule has 0 radical (unpaired) electrons. The van der Waals surface area contributed by atoms with Crippen molar-refractivity contribution in [2.75, 3.05) is 53.2 Å². The first kappa shape index (κ1) is 16.6. The molecule has 4 heteroatoms. The van der Waals surface area contributed by atoms with Crippen LogP contribution >= 0.6 is 0 Å². The van der Waals surface area contributed by atoms with Crippen LogP contribution in [0.5, 0.6) is 0 Å². The number of hydrogen-bond acceptors (Lipinski definition) is 4. The lowest BCUT2D eigenvalue weighted by Crippen LogP contribution is -2.22. The first-order valence-electron chi connectivity index (χ1n) is 7.46.